The highest BCUT2D eigenvalue weighted by molar-refractivity contribution is 5.89. The minimum atomic E-state index is -0.314. The molecule has 2 aromatic carbocycles. The third kappa shape index (κ3) is 3.58. The van der Waals surface area contributed by atoms with Crippen molar-refractivity contribution in [2.45, 2.75) is 19.4 Å². The average Bonchev–Trinajstić information content (AvgIpc) is 3.28. The van der Waals surface area contributed by atoms with Crippen LogP contribution in [-0.4, -0.2) is 36.2 Å². The number of carbonyl (C=O) groups excluding carboxylic acids is 1. The van der Waals surface area contributed by atoms with Crippen molar-refractivity contribution in [2.24, 2.45) is 0 Å². The van der Waals surface area contributed by atoms with Gasteiger partial charge in [-0.2, -0.15) is 0 Å². The van der Waals surface area contributed by atoms with Crippen LogP contribution < -0.4 is 4.90 Å². The summed E-state index contributed by atoms with van der Waals surface area (Å²) in [7, 11) is 3.54. The number of anilines is 1. The van der Waals surface area contributed by atoms with E-state index in [1.165, 1.54) is 23.9 Å². The summed E-state index contributed by atoms with van der Waals surface area (Å²) >= 11 is 0. The third-order valence-electron chi connectivity index (χ3n) is 5.14. The number of likely N-dealkylation sites (N-methyl/N-ethyl adjacent to an activating group) is 1. The first kappa shape index (κ1) is 17.3. The zero-order chi connectivity index (χ0) is 18.8. The van der Waals surface area contributed by atoms with Crippen LogP contribution in [0.15, 0.2) is 54.9 Å². The van der Waals surface area contributed by atoms with Crippen LogP contribution in [0.5, 0.6) is 0 Å². The third-order valence-corrected chi connectivity index (χ3v) is 5.14. The van der Waals surface area contributed by atoms with E-state index >= 15 is 0 Å². The van der Waals surface area contributed by atoms with Crippen LogP contribution in [-0.2, 0) is 24.1 Å². The number of aromatic nitrogens is 2. The zero-order valence-corrected chi connectivity index (χ0v) is 15.7. The number of rotatable bonds is 5. The standard InChI is InChI=1S/C22H23N3O2/c1-24-10-8-18-12-16(6-7-20(18)24)14-21-23-9-11-25(21)15-17-4-3-5-19(13-17)22(26)27-2/h3-7,9,11-13H,8,10,14-15H2,1-2H3. The Bertz CT molecular complexity index is 977. The van der Waals surface area contributed by atoms with Gasteiger partial charge in [-0.25, -0.2) is 9.78 Å². The van der Waals surface area contributed by atoms with E-state index in [2.05, 4.69) is 39.7 Å². The molecule has 0 aliphatic carbocycles. The first-order valence-corrected chi connectivity index (χ1v) is 9.14. The predicted octanol–water partition coefficient (Wildman–Crippen LogP) is 3.30. The molecule has 1 aliphatic heterocycles. The molecule has 3 aromatic rings. The Morgan fingerprint density at radius 1 is 1.19 bits per heavy atom. The molecule has 4 rings (SSSR count). The Balaban J connectivity index is 1.53. The second kappa shape index (κ2) is 7.27. The first-order valence-electron chi connectivity index (χ1n) is 9.14. The highest BCUT2D eigenvalue weighted by Crippen LogP contribution is 2.28. The Kier molecular flexibility index (Phi) is 4.67. The molecule has 5 nitrogen and oxygen atoms in total. The van der Waals surface area contributed by atoms with Crippen LogP contribution >= 0.6 is 0 Å². The lowest BCUT2D eigenvalue weighted by Gasteiger charge is -2.13. The molecule has 0 atom stereocenters. The van der Waals surface area contributed by atoms with Gasteiger partial charge in [-0.15, -0.1) is 0 Å². The fourth-order valence-electron chi connectivity index (χ4n) is 3.68. The molecule has 5 heteroatoms. The van der Waals surface area contributed by atoms with Gasteiger partial charge in [0.15, 0.2) is 0 Å². The molecule has 1 aromatic heterocycles. The predicted molar refractivity (Wildman–Crippen MR) is 105 cm³/mol. The topological polar surface area (TPSA) is 47.4 Å². The molecule has 0 N–H and O–H groups in total. The smallest absolute Gasteiger partial charge is 0.337 e. The summed E-state index contributed by atoms with van der Waals surface area (Å²) in [6.07, 6.45) is 5.72. The van der Waals surface area contributed by atoms with Gasteiger partial charge in [0, 0.05) is 44.6 Å². The van der Waals surface area contributed by atoms with Crippen LogP contribution in [0.4, 0.5) is 5.69 Å². The number of benzene rings is 2. The van der Waals surface area contributed by atoms with Crippen molar-refractivity contribution in [1.82, 2.24) is 9.55 Å². The van der Waals surface area contributed by atoms with Crippen LogP contribution in [0.25, 0.3) is 0 Å². The molecular weight excluding hydrogens is 338 g/mol. The number of carbonyl (C=O) groups is 1. The summed E-state index contributed by atoms with van der Waals surface area (Å²) < 4.78 is 6.95. The quantitative estimate of drug-likeness (QED) is 0.654. The van der Waals surface area contributed by atoms with Gasteiger partial charge in [-0.3, -0.25) is 0 Å². The minimum absolute atomic E-state index is 0.314. The van der Waals surface area contributed by atoms with E-state index in [1.807, 2.05) is 30.6 Å². The molecule has 0 amide bonds. The van der Waals surface area contributed by atoms with E-state index in [1.54, 1.807) is 6.07 Å². The van der Waals surface area contributed by atoms with Gasteiger partial charge in [-0.05, 0) is 41.3 Å². The highest BCUT2D eigenvalue weighted by atomic mass is 16.5. The molecule has 0 spiro atoms. The summed E-state index contributed by atoms with van der Waals surface area (Å²) in [5.41, 5.74) is 5.65. The monoisotopic (exact) mass is 361 g/mol. The van der Waals surface area contributed by atoms with E-state index in [-0.39, 0.29) is 5.97 Å². The molecule has 0 saturated heterocycles. The van der Waals surface area contributed by atoms with Crippen molar-refractivity contribution in [1.29, 1.82) is 0 Å². The molecule has 0 saturated carbocycles. The maximum absolute atomic E-state index is 11.7. The summed E-state index contributed by atoms with van der Waals surface area (Å²) in [6.45, 7) is 1.76. The largest absolute Gasteiger partial charge is 0.465 e. The lowest BCUT2D eigenvalue weighted by molar-refractivity contribution is 0.0600. The van der Waals surface area contributed by atoms with E-state index < -0.39 is 0 Å². The van der Waals surface area contributed by atoms with Crippen molar-refractivity contribution >= 4 is 11.7 Å². The van der Waals surface area contributed by atoms with Crippen molar-refractivity contribution in [3.63, 3.8) is 0 Å². The van der Waals surface area contributed by atoms with Crippen LogP contribution in [0.1, 0.15) is 32.9 Å². The molecule has 2 heterocycles. The molecule has 0 radical (unpaired) electrons. The van der Waals surface area contributed by atoms with E-state index in [9.17, 15) is 4.79 Å². The number of ether oxygens (including phenoxy) is 1. The number of imidazole rings is 1. The number of methoxy groups -OCH3 is 1. The number of fused-ring (bicyclic) bond motifs is 1. The second-order valence-corrected chi connectivity index (χ2v) is 6.97. The summed E-state index contributed by atoms with van der Waals surface area (Å²) in [5, 5.41) is 0. The first-order chi connectivity index (χ1) is 13.1. The number of esters is 1. The second-order valence-electron chi connectivity index (χ2n) is 6.97. The normalized spacial score (nSPS) is 12.9. The van der Waals surface area contributed by atoms with Crippen molar-refractivity contribution in [2.75, 3.05) is 25.6 Å². The van der Waals surface area contributed by atoms with Crippen LogP contribution in [0.3, 0.4) is 0 Å². The van der Waals surface area contributed by atoms with Gasteiger partial charge < -0.3 is 14.2 Å². The van der Waals surface area contributed by atoms with Crippen molar-refractivity contribution in [3.8, 4) is 0 Å². The molecule has 27 heavy (non-hydrogen) atoms. The Morgan fingerprint density at radius 3 is 2.93 bits per heavy atom. The van der Waals surface area contributed by atoms with Gasteiger partial charge in [0.2, 0.25) is 0 Å². The maximum Gasteiger partial charge on any atom is 0.337 e. The Morgan fingerprint density at radius 2 is 2.07 bits per heavy atom. The maximum atomic E-state index is 11.7. The van der Waals surface area contributed by atoms with E-state index in [0.717, 1.165) is 30.8 Å². The van der Waals surface area contributed by atoms with E-state index in [0.29, 0.717) is 12.1 Å². The van der Waals surface area contributed by atoms with Gasteiger partial charge >= 0.3 is 5.97 Å². The van der Waals surface area contributed by atoms with Crippen molar-refractivity contribution in [3.05, 3.63) is 82.9 Å². The van der Waals surface area contributed by atoms with Crippen LogP contribution in [0, 0.1) is 0 Å². The molecular formula is C22H23N3O2. The van der Waals surface area contributed by atoms with Crippen molar-refractivity contribution < 1.29 is 9.53 Å². The number of nitrogens with zero attached hydrogens (tertiary/aromatic N) is 3. The fourth-order valence-corrected chi connectivity index (χ4v) is 3.68. The Hall–Kier alpha value is -3.08. The summed E-state index contributed by atoms with van der Waals surface area (Å²) in [5.74, 6) is 0.704. The highest BCUT2D eigenvalue weighted by Gasteiger charge is 2.16. The fraction of sp³-hybridized carbons (Fsp3) is 0.273. The van der Waals surface area contributed by atoms with E-state index in [4.69, 9.17) is 4.74 Å². The van der Waals surface area contributed by atoms with Crippen LogP contribution in [0.2, 0.25) is 0 Å². The number of hydrogen-bond donors (Lipinski definition) is 0. The minimum Gasteiger partial charge on any atom is -0.465 e. The average molecular weight is 361 g/mol. The zero-order valence-electron chi connectivity index (χ0n) is 15.7. The van der Waals surface area contributed by atoms with Gasteiger partial charge in [0.25, 0.3) is 0 Å². The van der Waals surface area contributed by atoms with Gasteiger partial charge in [0.05, 0.1) is 12.7 Å². The molecule has 1 aliphatic rings. The van der Waals surface area contributed by atoms with Gasteiger partial charge in [-0.1, -0.05) is 24.3 Å². The SMILES string of the molecule is COC(=O)c1cccc(Cn2ccnc2Cc2ccc3c(c2)CCN3C)c1. The molecule has 0 unspecified atom stereocenters. The summed E-state index contributed by atoms with van der Waals surface area (Å²) in [4.78, 5) is 18.6. The molecule has 0 bridgehead atoms. The summed E-state index contributed by atoms with van der Waals surface area (Å²) in [6, 6.07) is 14.3. The molecule has 138 valence electrons. The number of hydrogen-bond acceptors (Lipinski definition) is 4. The Labute approximate surface area is 159 Å². The lowest BCUT2D eigenvalue weighted by atomic mass is 10.1. The van der Waals surface area contributed by atoms with Gasteiger partial charge in [0.1, 0.15) is 5.82 Å². The molecule has 0 fully saturated rings. The lowest BCUT2D eigenvalue weighted by Crippen LogP contribution is -2.12.